The Morgan fingerprint density at radius 3 is 2.15 bits per heavy atom. The second-order valence-electron chi connectivity index (χ2n) is 4.98. The van der Waals surface area contributed by atoms with E-state index in [2.05, 4.69) is 54.4 Å². The van der Waals surface area contributed by atoms with Crippen molar-refractivity contribution in [2.24, 2.45) is 0 Å². The van der Waals surface area contributed by atoms with Crippen molar-refractivity contribution in [2.75, 3.05) is 29.0 Å². The van der Waals surface area contributed by atoms with Gasteiger partial charge in [-0.3, -0.25) is 0 Å². The largest absolute Gasteiger partial charge is 0.399 e. The monoisotopic (exact) mass is 269 g/mol. The normalized spacial score (nSPS) is 10.3. The number of benzene rings is 2. The molecule has 3 N–H and O–H groups in total. The van der Waals surface area contributed by atoms with Gasteiger partial charge in [-0.25, -0.2) is 0 Å². The molecule has 0 aliphatic rings. The number of nitrogens with one attached hydrogen (secondary N) is 1. The van der Waals surface area contributed by atoms with Crippen molar-refractivity contribution < 1.29 is 0 Å². The molecule has 2 aromatic rings. The van der Waals surface area contributed by atoms with E-state index in [9.17, 15) is 0 Å². The summed E-state index contributed by atoms with van der Waals surface area (Å²) in [6.07, 6.45) is 0. The Labute approximate surface area is 121 Å². The summed E-state index contributed by atoms with van der Waals surface area (Å²) in [6, 6.07) is 14.5. The molecule has 0 aliphatic carbocycles. The summed E-state index contributed by atoms with van der Waals surface area (Å²) >= 11 is 0. The quantitative estimate of drug-likeness (QED) is 0.801. The molecular weight excluding hydrogens is 246 g/mol. The van der Waals surface area contributed by atoms with Crippen LogP contribution in [0.4, 0.5) is 22.7 Å². The Bertz CT molecular complexity index is 537. The number of hydrogen-bond acceptors (Lipinski definition) is 3. The van der Waals surface area contributed by atoms with Crippen molar-refractivity contribution in [3.63, 3.8) is 0 Å². The number of nitrogens with zero attached hydrogens (tertiary/aromatic N) is 1. The molecule has 0 fully saturated rings. The van der Waals surface area contributed by atoms with Gasteiger partial charge < -0.3 is 16.0 Å². The van der Waals surface area contributed by atoms with Crippen molar-refractivity contribution in [1.82, 2.24) is 0 Å². The highest BCUT2D eigenvalue weighted by Gasteiger charge is 2.02. The van der Waals surface area contributed by atoms with E-state index in [-0.39, 0.29) is 0 Å². The highest BCUT2D eigenvalue weighted by Crippen LogP contribution is 2.23. The van der Waals surface area contributed by atoms with Gasteiger partial charge in [0.05, 0.1) is 0 Å². The third-order valence-corrected chi connectivity index (χ3v) is 3.38. The maximum Gasteiger partial charge on any atom is 0.0407 e. The first-order chi connectivity index (χ1) is 9.62. The van der Waals surface area contributed by atoms with Gasteiger partial charge in [0.15, 0.2) is 0 Å². The molecule has 0 saturated carbocycles. The first-order valence-corrected chi connectivity index (χ1v) is 7.11. The first kappa shape index (κ1) is 14.3. The van der Waals surface area contributed by atoms with Gasteiger partial charge in [-0.2, -0.15) is 0 Å². The predicted molar refractivity (Wildman–Crippen MR) is 88.9 cm³/mol. The molecule has 106 valence electrons. The van der Waals surface area contributed by atoms with Crippen LogP contribution in [0.25, 0.3) is 0 Å². The number of nitrogens with two attached hydrogens (primary N) is 1. The minimum atomic E-state index is 0.785. The lowest BCUT2D eigenvalue weighted by Crippen LogP contribution is -2.21. The van der Waals surface area contributed by atoms with Crippen molar-refractivity contribution in [3.05, 3.63) is 48.0 Å². The molecule has 0 aliphatic heterocycles. The molecule has 0 saturated heterocycles. The average molecular weight is 269 g/mol. The SMILES string of the molecule is CCN(CC)c1ccc(Nc2cc(C)cc(N)c2)cc1. The molecular formula is C17H23N3. The van der Waals surface area contributed by atoms with Crippen LogP contribution in [0.2, 0.25) is 0 Å². The standard InChI is InChI=1S/C17H23N3/c1-4-20(5-2)17-8-6-15(7-9-17)19-16-11-13(3)10-14(18)12-16/h6-12,19H,4-5,18H2,1-3H3. The molecule has 0 spiro atoms. The van der Waals surface area contributed by atoms with Gasteiger partial charge in [0.2, 0.25) is 0 Å². The van der Waals surface area contributed by atoms with E-state index >= 15 is 0 Å². The number of nitrogen functional groups attached to an aromatic ring is 1. The van der Waals surface area contributed by atoms with Crippen LogP contribution in [-0.4, -0.2) is 13.1 Å². The Balaban J connectivity index is 2.14. The van der Waals surface area contributed by atoms with E-state index in [0.717, 1.165) is 35.7 Å². The molecule has 0 aromatic heterocycles. The second kappa shape index (κ2) is 6.33. The summed E-state index contributed by atoms with van der Waals surface area (Å²) in [5, 5.41) is 3.39. The molecule has 3 nitrogen and oxygen atoms in total. The van der Waals surface area contributed by atoms with Crippen LogP contribution >= 0.6 is 0 Å². The van der Waals surface area contributed by atoms with Gasteiger partial charge in [-0.15, -0.1) is 0 Å². The van der Waals surface area contributed by atoms with Crippen molar-refractivity contribution in [2.45, 2.75) is 20.8 Å². The van der Waals surface area contributed by atoms with Crippen molar-refractivity contribution >= 4 is 22.7 Å². The smallest absolute Gasteiger partial charge is 0.0407 e. The van der Waals surface area contributed by atoms with Crippen LogP contribution in [0.3, 0.4) is 0 Å². The third kappa shape index (κ3) is 3.44. The molecule has 2 aromatic carbocycles. The lowest BCUT2D eigenvalue weighted by Gasteiger charge is -2.21. The van der Waals surface area contributed by atoms with Crippen molar-refractivity contribution in [3.8, 4) is 0 Å². The maximum atomic E-state index is 5.87. The van der Waals surface area contributed by atoms with E-state index < -0.39 is 0 Å². The van der Waals surface area contributed by atoms with Crippen molar-refractivity contribution in [1.29, 1.82) is 0 Å². The minimum Gasteiger partial charge on any atom is -0.399 e. The highest BCUT2D eigenvalue weighted by molar-refractivity contribution is 5.66. The van der Waals surface area contributed by atoms with Gasteiger partial charge in [-0.1, -0.05) is 0 Å². The maximum absolute atomic E-state index is 5.87. The fourth-order valence-electron chi connectivity index (χ4n) is 2.40. The van der Waals surface area contributed by atoms with Gasteiger partial charge in [-0.05, 0) is 68.8 Å². The molecule has 0 heterocycles. The topological polar surface area (TPSA) is 41.3 Å². The van der Waals surface area contributed by atoms with Gasteiger partial charge in [0, 0.05) is 35.8 Å². The minimum absolute atomic E-state index is 0.785. The lowest BCUT2D eigenvalue weighted by molar-refractivity contribution is 0.866. The zero-order valence-corrected chi connectivity index (χ0v) is 12.5. The Morgan fingerprint density at radius 1 is 0.950 bits per heavy atom. The molecule has 0 radical (unpaired) electrons. The van der Waals surface area contributed by atoms with Crippen LogP contribution in [0, 0.1) is 6.92 Å². The fourth-order valence-corrected chi connectivity index (χ4v) is 2.40. The van der Waals surface area contributed by atoms with Crippen LogP contribution < -0.4 is 16.0 Å². The number of aryl methyl sites for hydroxylation is 1. The molecule has 0 amide bonds. The number of rotatable bonds is 5. The Kier molecular flexibility index (Phi) is 4.51. The van der Waals surface area contributed by atoms with Crippen LogP contribution in [-0.2, 0) is 0 Å². The van der Waals surface area contributed by atoms with E-state index in [1.807, 2.05) is 19.1 Å². The Morgan fingerprint density at radius 2 is 1.60 bits per heavy atom. The zero-order valence-electron chi connectivity index (χ0n) is 12.5. The summed E-state index contributed by atoms with van der Waals surface area (Å²) in [4.78, 5) is 2.33. The van der Waals surface area contributed by atoms with Gasteiger partial charge in [0.1, 0.15) is 0 Å². The molecule has 0 unspecified atom stereocenters. The fraction of sp³-hybridized carbons (Fsp3) is 0.294. The highest BCUT2D eigenvalue weighted by atomic mass is 15.1. The number of anilines is 4. The van der Waals surface area contributed by atoms with E-state index in [1.54, 1.807) is 0 Å². The summed E-state index contributed by atoms with van der Waals surface area (Å²) in [6.45, 7) is 8.44. The molecule has 2 rings (SSSR count). The van der Waals surface area contributed by atoms with E-state index in [4.69, 9.17) is 5.73 Å². The lowest BCUT2D eigenvalue weighted by atomic mass is 10.2. The van der Waals surface area contributed by atoms with Gasteiger partial charge >= 0.3 is 0 Å². The number of hydrogen-bond donors (Lipinski definition) is 2. The van der Waals surface area contributed by atoms with E-state index in [1.165, 1.54) is 5.69 Å². The van der Waals surface area contributed by atoms with Crippen LogP contribution in [0.1, 0.15) is 19.4 Å². The summed E-state index contributed by atoms with van der Waals surface area (Å²) in [7, 11) is 0. The Hall–Kier alpha value is -2.16. The molecule has 20 heavy (non-hydrogen) atoms. The molecule has 0 bridgehead atoms. The first-order valence-electron chi connectivity index (χ1n) is 7.11. The second-order valence-corrected chi connectivity index (χ2v) is 4.98. The molecule has 0 atom stereocenters. The summed E-state index contributed by atoms with van der Waals surface area (Å²) < 4.78 is 0. The zero-order chi connectivity index (χ0) is 14.5. The van der Waals surface area contributed by atoms with E-state index in [0.29, 0.717) is 0 Å². The summed E-state index contributed by atoms with van der Waals surface area (Å²) in [5.41, 5.74) is 11.2. The third-order valence-electron chi connectivity index (χ3n) is 3.38. The predicted octanol–water partition coefficient (Wildman–Crippen LogP) is 4.17. The van der Waals surface area contributed by atoms with Crippen LogP contribution in [0.15, 0.2) is 42.5 Å². The van der Waals surface area contributed by atoms with Gasteiger partial charge in [0.25, 0.3) is 0 Å². The summed E-state index contributed by atoms with van der Waals surface area (Å²) in [5.74, 6) is 0. The van der Waals surface area contributed by atoms with Crippen LogP contribution in [0.5, 0.6) is 0 Å². The molecule has 3 heteroatoms. The average Bonchev–Trinajstić information content (AvgIpc) is 2.41.